The molecule has 4 rings (SSSR count). The number of thiophene rings is 1. The van der Waals surface area contributed by atoms with Crippen LogP contribution in [-0.2, 0) is 16.1 Å². The van der Waals surface area contributed by atoms with E-state index in [4.69, 9.17) is 4.74 Å². The van der Waals surface area contributed by atoms with Gasteiger partial charge in [0.15, 0.2) is 0 Å². The number of fused-ring (bicyclic) bond motifs is 1. The number of amides is 2. The molecule has 0 bridgehead atoms. The van der Waals surface area contributed by atoms with Crippen molar-refractivity contribution in [3.05, 3.63) is 52.5 Å². The van der Waals surface area contributed by atoms with Gasteiger partial charge in [-0.2, -0.15) is 11.3 Å². The molecule has 130 valence electrons. The van der Waals surface area contributed by atoms with Crippen molar-refractivity contribution in [2.24, 2.45) is 5.92 Å². The SMILES string of the molecule is O=C(NCc1cccnc1)[C@@H]1CN(C(=O)c2ccsc2)[C@H]2CCO[C@@H]12. The Morgan fingerprint density at radius 3 is 3.08 bits per heavy atom. The molecule has 0 aromatic carbocycles. The second-order valence-corrected chi connectivity index (χ2v) is 7.13. The predicted molar refractivity (Wildman–Crippen MR) is 93.1 cm³/mol. The standard InChI is InChI=1S/C18H19N3O3S/c22-17(20-9-12-2-1-5-19-8-12)14-10-21(15-3-6-24-16(14)15)18(23)13-4-7-25-11-13/h1-2,4-5,7-8,11,14-16H,3,6,9-10H2,(H,20,22)/t14-,15+,16+/m1/s1. The molecule has 3 atom stereocenters. The summed E-state index contributed by atoms with van der Waals surface area (Å²) in [4.78, 5) is 31.3. The van der Waals surface area contributed by atoms with E-state index in [-0.39, 0.29) is 29.9 Å². The number of pyridine rings is 1. The number of carbonyl (C=O) groups excluding carboxylic acids is 2. The topological polar surface area (TPSA) is 71.5 Å². The highest BCUT2D eigenvalue weighted by Gasteiger charge is 2.50. The zero-order chi connectivity index (χ0) is 17.2. The van der Waals surface area contributed by atoms with Gasteiger partial charge in [0.25, 0.3) is 5.91 Å². The number of likely N-dealkylation sites (tertiary alicyclic amines) is 1. The van der Waals surface area contributed by atoms with E-state index in [0.29, 0.717) is 25.3 Å². The summed E-state index contributed by atoms with van der Waals surface area (Å²) in [5, 5.41) is 6.70. The van der Waals surface area contributed by atoms with E-state index in [1.807, 2.05) is 33.9 Å². The Labute approximate surface area is 149 Å². The molecule has 0 saturated carbocycles. The van der Waals surface area contributed by atoms with Gasteiger partial charge in [0.1, 0.15) is 0 Å². The lowest BCUT2D eigenvalue weighted by atomic mass is 10.0. The third-order valence-corrected chi connectivity index (χ3v) is 5.53. The lowest BCUT2D eigenvalue weighted by Crippen LogP contribution is -2.37. The number of rotatable bonds is 4. The third kappa shape index (κ3) is 3.17. The summed E-state index contributed by atoms with van der Waals surface area (Å²) in [6, 6.07) is 5.58. The number of aromatic nitrogens is 1. The molecule has 2 aromatic rings. The summed E-state index contributed by atoms with van der Waals surface area (Å²) in [6.45, 7) is 1.43. The zero-order valence-corrected chi connectivity index (χ0v) is 14.4. The Morgan fingerprint density at radius 1 is 1.40 bits per heavy atom. The Hall–Kier alpha value is -2.25. The van der Waals surface area contributed by atoms with E-state index in [1.165, 1.54) is 11.3 Å². The van der Waals surface area contributed by atoms with E-state index >= 15 is 0 Å². The van der Waals surface area contributed by atoms with E-state index in [0.717, 1.165) is 12.0 Å². The average molecular weight is 357 g/mol. The second-order valence-electron chi connectivity index (χ2n) is 6.35. The molecular formula is C18H19N3O3S. The van der Waals surface area contributed by atoms with Gasteiger partial charge in [0.05, 0.1) is 23.6 Å². The molecule has 25 heavy (non-hydrogen) atoms. The lowest BCUT2D eigenvalue weighted by Gasteiger charge is -2.21. The first-order valence-electron chi connectivity index (χ1n) is 8.35. The van der Waals surface area contributed by atoms with Crippen LogP contribution in [-0.4, -0.2) is 47.0 Å². The van der Waals surface area contributed by atoms with Gasteiger partial charge >= 0.3 is 0 Å². The van der Waals surface area contributed by atoms with Crippen LogP contribution in [0.2, 0.25) is 0 Å². The monoisotopic (exact) mass is 357 g/mol. The van der Waals surface area contributed by atoms with Crippen LogP contribution >= 0.6 is 11.3 Å². The summed E-state index contributed by atoms with van der Waals surface area (Å²) in [5.74, 6) is -0.405. The Morgan fingerprint density at radius 2 is 2.32 bits per heavy atom. The Bertz CT molecular complexity index is 750. The first-order valence-corrected chi connectivity index (χ1v) is 9.29. The average Bonchev–Trinajstić information content (AvgIpc) is 3.36. The Balaban J connectivity index is 1.45. The minimum absolute atomic E-state index is 0.00990. The summed E-state index contributed by atoms with van der Waals surface area (Å²) < 4.78 is 5.80. The van der Waals surface area contributed by atoms with Crippen LogP contribution in [0.1, 0.15) is 22.3 Å². The number of carbonyl (C=O) groups is 2. The number of nitrogens with zero attached hydrogens (tertiary/aromatic N) is 2. The molecule has 1 N–H and O–H groups in total. The van der Waals surface area contributed by atoms with Gasteiger partial charge in [-0.05, 0) is 29.5 Å². The van der Waals surface area contributed by atoms with Crippen molar-refractivity contribution in [1.29, 1.82) is 0 Å². The fraction of sp³-hybridized carbons (Fsp3) is 0.389. The number of ether oxygens (including phenoxy) is 1. The van der Waals surface area contributed by atoms with Crippen molar-refractivity contribution in [2.45, 2.75) is 25.1 Å². The minimum atomic E-state index is -0.327. The maximum Gasteiger partial charge on any atom is 0.255 e. The van der Waals surface area contributed by atoms with Crippen LogP contribution in [0.5, 0.6) is 0 Å². The van der Waals surface area contributed by atoms with Crippen molar-refractivity contribution >= 4 is 23.2 Å². The molecule has 2 amide bonds. The number of hydrogen-bond acceptors (Lipinski definition) is 5. The largest absolute Gasteiger partial charge is 0.375 e. The zero-order valence-electron chi connectivity index (χ0n) is 13.6. The molecule has 2 aliphatic rings. The molecule has 7 heteroatoms. The molecule has 0 unspecified atom stereocenters. The minimum Gasteiger partial charge on any atom is -0.375 e. The van der Waals surface area contributed by atoms with Gasteiger partial charge in [-0.3, -0.25) is 14.6 Å². The molecular weight excluding hydrogens is 338 g/mol. The molecule has 0 aliphatic carbocycles. The van der Waals surface area contributed by atoms with Gasteiger partial charge in [-0.15, -0.1) is 0 Å². The fourth-order valence-electron chi connectivity index (χ4n) is 3.61. The van der Waals surface area contributed by atoms with Crippen LogP contribution in [0, 0.1) is 5.92 Å². The van der Waals surface area contributed by atoms with E-state index in [9.17, 15) is 9.59 Å². The molecule has 2 saturated heterocycles. The predicted octanol–water partition coefficient (Wildman–Crippen LogP) is 1.69. The van der Waals surface area contributed by atoms with Gasteiger partial charge in [-0.1, -0.05) is 6.07 Å². The van der Waals surface area contributed by atoms with Gasteiger partial charge in [-0.25, -0.2) is 0 Å². The highest BCUT2D eigenvalue weighted by Crippen LogP contribution is 2.34. The highest BCUT2D eigenvalue weighted by atomic mass is 32.1. The van der Waals surface area contributed by atoms with Crippen LogP contribution in [0.4, 0.5) is 0 Å². The fourth-order valence-corrected chi connectivity index (χ4v) is 4.24. The highest BCUT2D eigenvalue weighted by molar-refractivity contribution is 7.08. The van der Waals surface area contributed by atoms with Crippen molar-refractivity contribution in [3.63, 3.8) is 0 Å². The molecule has 2 fully saturated rings. The van der Waals surface area contributed by atoms with Crippen molar-refractivity contribution < 1.29 is 14.3 Å². The first kappa shape index (κ1) is 16.2. The Kier molecular flexibility index (Phi) is 4.50. The van der Waals surface area contributed by atoms with Crippen molar-refractivity contribution in [1.82, 2.24) is 15.2 Å². The van der Waals surface area contributed by atoms with Gasteiger partial charge in [0, 0.05) is 37.5 Å². The van der Waals surface area contributed by atoms with E-state index in [2.05, 4.69) is 10.3 Å². The van der Waals surface area contributed by atoms with Crippen LogP contribution in [0.3, 0.4) is 0 Å². The first-order chi connectivity index (χ1) is 12.2. The maximum atomic E-state index is 12.7. The third-order valence-electron chi connectivity index (χ3n) is 4.85. The smallest absolute Gasteiger partial charge is 0.255 e. The molecule has 4 heterocycles. The van der Waals surface area contributed by atoms with Gasteiger partial charge in [0.2, 0.25) is 5.91 Å². The van der Waals surface area contributed by atoms with Crippen molar-refractivity contribution in [2.75, 3.05) is 13.2 Å². The molecule has 6 nitrogen and oxygen atoms in total. The number of nitrogens with one attached hydrogen (secondary N) is 1. The van der Waals surface area contributed by atoms with Gasteiger partial charge < -0.3 is 15.0 Å². The maximum absolute atomic E-state index is 12.7. The normalized spacial score (nSPS) is 25.0. The van der Waals surface area contributed by atoms with Crippen LogP contribution in [0.15, 0.2) is 41.4 Å². The molecule has 0 spiro atoms. The lowest BCUT2D eigenvalue weighted by molar-refractivity contribution is -0.127. The molecule has 2 aliphatic heterocycles. The van der Waals surface area contributed by atoms with E-state index < -0.39 is 0 Å². The number of hydrogen-bond donors (Lipinski definition) is 1. The summed E-state index contributed by atoms with van der Waals surface area (Å²) >= 11 is 1.50. The summed E-state index contributed by atoms with van der Waals surface area (Å²) in [6.07, 6.45) is 4.01. The van der Waals surface area contributed by atoms with Crippen LogP contribution < -0.4 is 5.32 Å². The quantitative estimate of drug-likeness (QED) is 0.904. The summed E-state index contributed by atoms with van der Waals surface area (Å²) in [7, 11) is 0. The van der Waals surface area contributed by atoms with E-state index in [1.54, 1.807) is 12.4 Å². The van der Waals surface area contributed by atoms with Crippen LogP contribution in [0.25, 0.3) is 0 Å². The summed E-state index contributed by atoms with van der Waals surface area (Å²) in [5.41, 5.74) is 1.64. The molecule has 2 aromatic heterocycles. The van der Waals surface area contributed by atoms with Crippen molar-refractivity contribution in [3.8, 4) is 0 Å². The molecule has 0 radical (unpaired) electrons. The second kappa shape index (κ2) is 6.93.